The third-order valence-corrected chi connectivity index (χ3v) is 8.24. The Hall–Kier alpha value is -3.69. The molecule has 0 unspecified atom stereocenters. The van der Waals surface area contributed by atoms with Crippen LogP contribution in [0.3, 0.4) is 0 Å². The minimum absolute atomic E-state index is 0.102. The van der Waals surface area contributed by atoms with Crippen molar-refractivity contribution < 1.29 is 21.6 Å². The summed E-state index contributed by atoms with van der Waals surface area (Å²) >= 11 is 2.55. The van der Waals surface area contributed by atoms with E-state index in [4.69, 9.17) is 0 Å². The predicted molar refractivity (Wildman–Crippen MR) is 154 cm³/mol. The lowest BCUT2D eigenvalue weighted by molar-refractivity contribution is -0.0429. The van der Waals surface area contributed by atoms with Crippen molar-refractivity contribution >= 4 is 56.6 Å². The quantitative estimate of drug-likeness (QED) is 0.170. The van der Waals surface area contributed by atoms with Crippen LogP contribution in [0.25, 0.3) is 0 Å². The fourth-order valence-electron chi connectivity index (χ4n) is 3.43. The van der Waals surface area contributed by atoms with Crippen molar-refractivity contribution in [3.63, 3.8) is 0 Å². The number of nitrogens with zero attached hydrogens (tertiary/aromatic N) is 6. The Labute approximate surface area is 243 Å². The summed E-state index contributed by atoms with van der Waals surface area (Å²) in [7, 11) is -5.71. The minimum atomic E-state index is -5.71. The maximum Gasteiger partial charge on any atom is 0.516 e. The molecule has 4 aromatic rings. The van der Waals surface area contributed by atoms with E-state index >= 15 is 0 Å². The zero-order chi connectivity index (χ0) is 29.5. The van der Waals surface area contributed by atoms with Crippen molar-refractivity contribution in [3.8, 4) is 0 Å². The fraction of sp³-hybridized carbons (Fsp3) is 0.192. The van der Waals surface area contributed by atoms with Crippen LogP contribution in [0.2, 0.25) is 0 Å². The molecule has 0 aliphatic rings. The lowest BCUT2D eigenvalue weighted by Crippen LogP contribution is -2.30. The second-order valence-electron chi connectivity index (χ2n) is 8.16. The van der Waals surface area contributed by atoms with Gasteiger partial charge in [-0.2, -0.15) is 36.5 Å². The van der Waals surface area contributed by atoms with Gasteiger partial charge in [0.25, 0.3) is 5.95 Å². The molecule has 0 spiro atoms. The molecule has 0 bridgehead atoms. The molecule has 9 nitrogen and oxygen atoms in total. The summed E-state index contributed by atoms with van der Waals surface area (Å²) in [6, 6.07) is 23.1. The number of halogens is 3. The fourth-order valence-corrected chi connectivity index (χ4v) is 5.58. The average Bonchev–Trinajstić information content (AvgIpc) is 2.93. The molecule has 3 aromatic carbocycles. The summed E-state index contributed by atoms with van der Waals surface area (Å²) in [4.78, 5) is 16.8. The Morgan fingerprint density at radius 2 is 1.34 bits per heavy atom. The molecule has 1 heterocycles. The van der Waals surface area contributed by atoms with Crippen molar-refractivity contribution in [3.05, 3.63) is 78.9 Å². The number of sulfonamides is 1. The van der Waals surface area contributed by atoms with Crippen molar-refractivity contribution in [2.24, 2.45) is 10.2 Å². The summed E-state index contributed by atoms with van der Waals surface area (Å²) in [6.45, 7) is 4.84. The monoisotopic (exact) mass is 619 g/mol. The summed E-state index contributed by atoms with van der Waals surface area (Å²) in [5, 5.41) is 8.74. The Bertz CT molecular complexity index is 1540. The van der Waals surface area contributed by atoms with Crippen LogP contribution in [-0.2, 0) is 10.0 Å². The first-order chi connectivity index (χ1) is 19.6. The van der Waals surface area contributed by atoms with E-state index in [2.05, 4.69) is 25.2 Å². The number of anilines is 2. The van der Waals surface area contributed by atoms with Gasteiger partial charge in [-0.25, -0.2) is 0 Å². The zero-order valence-corrected chi connectivity index (χ0v) is 24.2. The highest BCUT2D eigenvalue weighted by molar-refractivity contribution is 7.99. The van der Waals surface area contributed by atoms with Gasteiger partial charge < -0.3 is 4.90 Å². The Kier molecular flexibility index (Phi) is 9.83. The van der Waals surface area contributed by atoms with Gasteiger partial charge in [0, 0.05) is 28.6 Å². The van der Waals surface area contributed by atoms with Crippen LogP contribution in [0.1, 0.15) is 13.8 Å². The first-order valence-corrected chi connectivity index (χ1v) is 15.3. The SMILES string of the molecule is CCN(CC)c1ccc(N=Nc2nc(Sc3ccccc3)nc(Sc3ccccc3)n2)c(NS(=O)(=O)C(F)(F)F)c1. The van der Waals surface area contributed by atoms with Crippen molar-refractivity contribution in [1.29, 1.82) is 0 Å². The Balaban J connectivity index is 1.73. The summed E-state index contributed by atoms with van der Waals surface area (Å²) in [5.74, 6) is -0.102. The van der Waals surface area contributed by atoms with E-state index in [-0.39, 0.29) is 17.3 Å². The van der Waals surface area contributed by atoms with Crippen molar-refractivity contribution in [2.75, 3.05) is 22.7 Å². The zero-order valence-electron chi connectivity index (χ0n) is 21.8. The lowest BCUT2D eigenvalue weighted by Gasteiger charge is -2.22. The largest absolute Gasteiger partial charge is 0.516 e. The first kappa shape index (κ1) is 30.3. The van der Waals surface area contributed by atoms with Gasteiger partial charge in [0.15, 0.2) is 10.3 Å². The molecule has 0 aliphatic carbocycles. The number of benzene rings is 3. The molecule has 0 saturated heterocycles. The van der Waals surface area contributed by atoms with Crippen LogP contribution in [0.5, 0.6) is 0 Å². The van der Waals surface area contributed by atoms with E-state index in [0.29, 0.717) is 29.1 Å². The smallest absolute Gasteiger partial charge is 0.372 e. The van der Waals surface area contributed by atoms with Crippen LogP contribution < -0.4 is 9.62 Å². The first-order valence-electron chi connectivity index (χ1n) is 12.2. The molecular weight excluding hydrogens is 596 g/mol. The van der Waals surface area contributed by atoms with Crippen molar-refractivity contribution in [1.82, 2.24) is 15.0 Å². The second kappa shape index (κ2) is 13.3. The normalized spacial score (nSPS) is 12.0. The molecule has 15 heteroatoms. The van der Waals surface area contributed by atoms with E-state index in [1.165, 1.54) is 35.7 Å². The Morgan fingerprint density at radius 1 is 0.805 bits per heavy atom. The second-order valence-corrected chi connectivity index (χ2v) is 11.9. The Morgan fingerprint density at radius 3 is 1.83 bits per heavy atom. The molecule has 0 fully saturated rings. The third-order valence-electron chi connectivity index (χ3n) is 5.39. The number of hydrogen-bond acceptors (Lipinski definition) is 10. The van der Waals surface area contributed by atoms with Gasteiger partial charge >= 0.3 is 15.5 Å². The predicted octanol–water partition coefficient (Wildman–Crippen LogP) is 7.70. The third kappa shape index (κ3) is 8.17. The van der Waals surface area contributed by atoms with Gasteiger partial charge in [0.05, 0.1) is 5.69 Å². The van der Waals surface area contributed by atoms with Gasteiger partial charge in [-0.1, -0.05) is 36.4 Å². The van der Waals surface area contributed by atoms with Crippen LogP contribution in [0, 0.1) is 0 Å². The van der Waals surface area contributed by atoms with E-state index in [1.54, 1.807) is 10.8 Å². The number of rotatable bonds is 11. The molecule has 4 rings (SSSR count). The van der Waals surface area contributed by atoms with E-state index in [0.717, 1.165) is 9.79 Å². The van der Waals surface area contributed by atoms with Crippen LogP contribution >= 0.6 is 23.5 Å². The molecule has 0 aliphatic heterocycles. The number of aromatic nitrogens is 3. The average molecular weight is 620 g/mol. The summed E-state index contributed by atoms with van der Waals surface area (Å²) < 4.78 is 65.1. The molecule has 0 saturated carbocycles. The minimum Gasteiger partial charge on any atom is -0.372 e. The van der Waals surface area contributed by atoms with Crippen LogP contribution in [-0.4, -0.2) is 42.0 Å². The standard InChI is InChI=1S/C26H24F3N7O2S3/c1-3-36(4-2)18-15-16-21(22(17-18)35-41(37,38)26(27,28)29)33-34-23-30-24(39-19-11-7-5-8-12-19)32-25(31-23)40-20-13-9-6-10-14-20/h5-17,35H,3-4H2,1-2H3. The molecule has 214 valence electrons. The molecule has 41 heavy (non-hydrogen) atoms. The van der Waals surface area contributed by atoms with E-state index in [9.17, 15) is 21.6 Å². The van der Waals surface area contributed by atoms with Gasteiger partial charge in [0.1, 0.15) is 5.69 Å². The molecule has 0 amide bonds. The maximum absolute atomic E-state index is 13.2. The number of nitrogens with one attached hydrogen (secondary N) is 1. The summed E-state index contributed by atoms with van der Waals surface area (Å²) in [6.07, 6.45) is 0. The lowest BCUT2D eigenvalue weighted by atomic mass is 10.2. The maximum atomic E-state index is 13.2. The van der Waals surface area contributed by atoms with Crippen LogP contribution in [0.4, 0.5) is 36.2 Å². The highest BCUT2D eigenvalue weighted by atomic mass is 32.2. The van der Waals surface area contributed by atoms with E-state index < -0.39 is 15.5 Å². The number of azo groups is 1. The molecule has 0 radical (unpaired) electrons. The van der Waals surface area contributed by atoms with Gasteiger partial charge in [0.2, 0.25) is 0 Å². The van der Waals surface area contributed by atoms with E-state index in [1.807, 2.05) is 79.4 Å². The highest BCUT2D eigenvalue weighted by Crippen LogP contribution is 2.36. The summed E-state index contributed by atoms with van der Waals surface area (Å²) in [5.41, 5.74) is -5.54. The van der Waals surface area contributed by atoms with Gasteiger partial charge in [-0.15, -0.1) is 10.2 Å². The molecule has 1 aromatic heterocycles. The van der Waals surface area contributed by atoms with Crippen molar-refractivity contribution in [2.45, 2.75) is 39.5 Å². The molecule has 1 N–H and O–H groups in total. The highest BCUT2D eigenvalue weighted by Gasteiger charge is 2.46. The van der Waals surface area contributed by atoms with Gasteiger partial charge in [-0.3, -0.25) is 4.72 Å². The molecular formula is C26H24F3N7O2S3. The number of hydrogen-bond donors (Lipinski definition) is 1. The van der Waals surface area contributed by atoms with Gasteiger partial charge in [-0.05, 0) is 79.8 Å². The topological polar surface area (TPSA) is 113 Å². The number of alkyl halides is 3. The van der Waals surface area contributed by atoms with Crippen LogP contribution in [0.15, 0.2) is 109 Å². The molecule has 0 atom stereocenters.